The highest BCUT2D eigenvalue weighted by atomic mass is 16.6. The molecule has 6 nitrogen and oxygen atoms in total. The van der Waals surface area contributed by atoms with Crippen molar-refractivity contribution in [3.63, 3.8) is 0 Å². The molecule has 2 heterocycles. The lowest BCUT2D eigenvalue weighted by atomic mass is 10.1. The summed E-state index contributed by atoms with van der Waals surface area (Å²) in [4.78, 5) is 20.5. The zero-order chi connectivity index (χ0) is 17.1. The molecule has 0 fully saturated rings. The standard InChI is InChI=1S/C18H17N3O3/c1-11-6-7-14(9-12(11)2)18(22)23-13(3)17-20-16(21-24-17)15-5-4-8-19-10-15/h4-10,13H,1-3H3. The van der Waals surface area contributed by atoms with Crippen molar-refractivity contribution < 1.29 is 14.1 Å². The van der Waals surface area contributed by atoms with Gasteiger partial charge in [0.2, 0.25) is 5.82 Å². The molecular formula is C18H17N3O3. The molecule has 122 valence electrons. The highest BCUT2D eigenvalue weighted by molar-refractivity contribution is 5.89. The van der Waals surface area contributed by atoms with Crippen LogP contribution in [0.25, 0.3) is 11.4 Å². The Bertz CT molecular complexity index is 859. The lowest BCUT2D eigenvalue weighted by molar-refractivity contribution is 0.0265. The predicted molar refractivity (Wildman–Crippen MR) is 87.3 cm³/mol. The predicted octanol–water partition coefficient (Wildman–Crippen LogP) is 3.67. The SMILES string of the molecule is Cc1ccc(C(=O)OC(C)c2nc(-c3cccnc3)no2)cc1C. The van der Waals surface area contributed by atoms with Crippen molar-refractivity contribution in [3.05, 3.63) is 65.3 Å². The lowest BCUT2D eigenvalue weighted by Gasteiger charge is -2.10. The molecule has 0 saturated carbocycles. The third-order valence-corrected chi connectivity index (χ3v) is 3.74. The van der Waals surface area contributed by atoms with Crippen LogP contribution in [0.1, 0.15) is 40.4 Å². The first-order valence-corrected chi connectivity index (χ1v) is 7.57. The first-order valence-electron chi connectivity index (χ1n) is 7.57. The van der Waals surface area contributed by atoms with Crippen molar-refractivity contribution in [3.8, 4) is 11.4 Å². The summed E-state index contributed by atoms with van der Waals surface area (Å²) in [7, 11) is 0. The number of rotatable bonds is 4. The molecule has 3 aromatic rings. The average molecular weight is 323 g/mol. The van der Waals surface area contributed by atoms with E-state index in [0.29, 0.717) is 11.4 Å². The van der Waals surface area contributed by atoms with Gasteiger partial charge in [-0.1, -0.05) is 11.2 Å². The van der Waals surface area contributed by atoms with E-state index in [0.717, 1.165) is 16.7 Å². The summed E-state index contributed by atoms with van der Waals surface area (Å²) in [5, 5.41) is 3.90. The van der Waals surface area contributed by atoms with Crippen molar-refractivity contribution >= 4 is 5.97 Å². The average Bonchev–Trinajstić information content (AvgIpc) is 3.08. The maximum atomic E-state index is 12.2. The van der Waals surface area contributed by atoms with Crippen LogP contribution in [-0.4, -0.2) is 21.1 Å². The quantitative estimate of drug-likeness (QED) is 0.682. The molecule has 3 rings (SSSR count). The van der Waals surface area contributed by atoms with Crippen molar-refractivity contribution in [1.82, 2.24) is 15.1 Å². The second kappa shape index (κ2) is 6.62. The maximum Gasteiger partial charge on any atom is 0.338 e. The van der Waals surface area contributed by atoms with Gasteiger partial charge in [-0.15, -0.1) is 0 Å². The summed E-state index contributed by atoms with van der Waals surface area (Å²) >= 11 is 0. The van der Waals surface area contributed by atoms with Crippen molar-refractivity contribution in [1.29, 1.82) is 0 Å². The van der Waals surface area contributed by atoms with E-state index < -0.39 is 12.1 Å². The van der Waals surface area contributed by atoms with Gasteiger partial charge in [0.1, 0.15) is 0 Å². The van der Waals surface area contributed by atoms with Crippen LogP contribution < -0.4 is 0 Å². The number of hydrogen-bond donors (Lipinski definition) is 0. The summed E-state index contributed by atoms with van der Waals surface area (Å²) in [6, 6.07) is 9.05. The van der Waals surface area contributed by atoms with E-state index in [9.17, 15) is 4.79 Å². The van der Waals surface area contributed by atoms with Gasteiger partial charge in [-0.3, -0.25) is 4.98 Å². The number of hydrogen-bond acceptors (Lipinski definition) is 6. The van der Waals surface area contributed by atoms with Crippen LogP contribution in [0.3, 0.4) is 0 Å². The summed E-state index contributed by atoms with van der Waals surface area (Å²) in [6.45, 7) is 5.64. The molecule has 0 radical (unpaired) electrons. The van der Waals surface area contributed by atoms with Gasteiger partial charge >= 0.3 is 5.97 Å². The molecule has 2 aromatic heterocycles. The number of esters is 1. The monoisotopic (exact) mass is 323 g/mol. The third kappa shape index (κ3) is 3.32. The molecule has 0 aliphatic rings. The van der Waals surface area contributed by atoms with Crippen LogP contribution in [0, 0.1) is 13.8 Å². The molecule has 6 heteroatoms. The third-order valence-electron chi connectivity index (χ3n) is 3.74. The molecule has 0 saturated heterocycles. The maximum absolute atomic E-state index is 12.2. The molecule has 0 amide bonds. The number of ether oxygens (including phenoxy) is 1. The molecule has 0 aliphatic carbocycles. The molecule has 0 bridgehead atoms. The number of aryl methyl sites for hydroxylation is 2. The fourth-order valence-electron chi connectivity index (χ4n) is 2.16. The second-order valence-electron chi connectivity index (χ2n) is 5.54. The van der Waals surface area contributed by atoms with Gasteiger partial charge in [0.05, 0.1) is 5.56 Å². The van der Waals surface area contributed by atoms with Crippen LogP contribution in [0.5, 0.6) is 0 Å². The van der Waals surface area contributed by atoms with Crippen LogP contribution in [0.15, 0.2) is 47.2 Å². The molecule has 0 aliphatic heterocycles. The topological polar surface area (TPSA) is 78.1 Å². The second-order valence-corrected chi connectivity index (χ2v) is 5.54. The van der Waals surface area contributed by atoms with Gasteiger partial charge in [0.15, 0.2) is 6.10 Å². The van der Waals surface area contributed by atoms with Crippen molar-refractivity contribution in [2.24, 2.45) is 0 Å². The van der Waals surface area contributed by atoms with E-state index in [1.807, 2.05) is 26.0 Å². The Morgan fingerprint density at radius 2 is 2.04 bits per heavy atom. The molecule has 0 N–H and O–H groups in total. The Labute approximate surface area is 139 Å². The largest absolute Gasteiger partial charge is 0.449 e. The Balaban J connectivity index is 1.73. The first-order chi connectivity index (χ1) is 11.5. The normalized spacial score (nSPS) is 12.0. The fraction of sp³-hybridized carbons (Fsp3) is 0.222. The van der Waals surface area contributed by atoms with Crippen LogP contribution in [0.4, 0.5) is 0 Å². The number of carbonyl (C=O) groups is 1. The van der Waals surface area contributed by atoms with Gasteiger partial charge in [-0.2, -0.15) is 4.98 Å². The molecule has 0 spiro atoms. The van der Waals surface area contributed by atoms with E-state index in [-0.39, 0.29) is 5.89 Å². The van der Waals surface area contributed by atoms with E-state index in [1.165, 1.54) is 0 Å². The van der Waals surface area contributed by atoms with Gasteiger partial charge in [0, 0.05) is 18.0 Å². The molecule has 1 unspecified atom stereocenters. The minimum Gasteiger partial charge on any atom is -0.449 e. The number of nitrogens with zero attached hydrogens (tertiary/aromatic N) is 3. The van der Waals surface area contributed by atoms with Gasteiger partial charge in [-0.25, -0.2) is 4.79 Å². The number of carbonyl (C=O) groups excluding carboxylic acids is 1. The highest BCUT2D eigenvalue weighted by Crippen LogP contribution is 2.21. The van der Waals surface area contributed by atoms with E-state index >= 15 is 0 Å². The minimum absolute atomic E-state index is 0.242. The molecular weight excluding hydrogens is 306 g/mol. The highest BCUT2D eigenvalue weighted by Gasteiger charge is 2.20. The number of benzene rings is 1. The zero-order valence-corrected chi connectivity index (χ0v) is 13.7. The van der Waals surface area contributed by atoms with Crippen molar-refractivity contribution in [2.75, 3.05) is 0 Å². The Morgan fingerprint density at radius 1 is 1.21 bits per heavy atom. The van der Waals surface area contributed by atoms with Gasteiger partial charge in [-0.05, 0) is 56.2 Å². The van der Waals surface area contributed by atoms with Crippen LogP contribution in [0.2, 0.25) is 0 Å². The van der Waals surface area contributed by atoms with Crippen LogP contribution in [-0.2, 0) is 4.74 Å². The van der Waals surface area contributed by atoms with Gasteiger partial charge in [0.25, 0.3) is 5.89 Å². The zero-order valence-electron chi connectivity index (χ0n) is 13.7. The summed E-state index contributed by atoms with van der Waals surface area (Å²) in [5.41, 5.74) is 3.39. The molecule has 1 atom stereocenters. The number of aromatic nitrogens is 3. The summed E-state index contributed by atoms with van der Waals surface area (Å²) in [6.07, 6.45) is 2.66. The van der Waals surface area contributed by atoms with Crippen LogP contribution >= 0.6 is 0 Å². The smallest absolute Gasteiger partial charge is 0.338 e. The fourth-order valence-corrected chi connectivity index (χ4v) is 2.16. The first kappa shape index (κ1) is 15.9. The summed E-state index contributed by atoms with van der Waals surface area (Å²) in [5.74, 6) is 0.227. The van der Waals surface area contributed by atoms with E-state index in [4.69, 9.17) is 9.26 Å². The van der Waals surface area contributed by atoms with Gasteiger partial charge < -0.3 is 9.26 Å². The lowest BCUT2D eigenvalue weighted by Crippen LogP contribution is -2.10. The summed E-state index contributed by atoms with van der Waals surface area (Å²) < 4.78 is 10.6. The Kier molecular flexibility index (Phi) is 4.37. The Hall–Kier alpha value is -3.02. The minimum atomic E-state index is -0.642. The molecule has 1 aromatic carbocycles. The van der Waals surface area contributed by atoms with Crippen molar-refractivity contribution in [2.45, 2.75) is 26.9 Å². The molecule has 24 heavy (non-hydrogen) atoms. The Morgan fingerprint density at radius 3 is 2.75 bits per heavy atom. The number of pyridine rings is 1. The van der Waals surface area contributed by atoms with E-state index in [2.05, 4.69) is 15.1 Å². The van der Waals surface area contributed by atoms with E-state index in [1.54, 1.807) is 37.5 Å².